The van der Waals surface area contributed by atoms with E-state index in [0.717, 1.165) is 16.6 Å². The van der Waals surface area contributed by atoms with Gasteiger partial charge >= 0.3 is 5.97 Å². The maximum Gasteiger partial charge on any atom is 0.308 e. The van der Waals surface area contributed by atoms with Crippen molar-refractivity contribution in [3.8, 4) is 11.4 Å². The summed E-state index contributed by atoms with van der Waals surface area (Å²) in [7, 11) is 0. The van der Waals surface area contributed by atoms with Gasteiger partial charge in [-0.15, -0.1) is 0 Å². The van der Waals surface area contributed by atoms with Crippen LogP contribution in [0.5, 0.6) is 5.75 Å². The fraction of sp³-hybridized carbons (Fsp3) is 0.0667. The average molecular weight is 250 g/mol. The molecule has 0 bridgehead atoms. The van der Waals surface area contributed by atoms with Crippen molar-refractivity contribution in [1.29, 1.82) is 0 Å². The molecule has 4 heteroatoms. The number of carbonyl (C=O) groups is 1. The highest BCUT2D eigenvalue weighted by Gasteiger charge is 2.05. The summed E-state index contributed by atoms with van der Waals surface area (Å²) in [6.07, 6.45) is 1.87. The number of esters is 1. The molecule has 0 saturated carbocycles. The standard InChI is InChI=1S/C15H10N2O2/c1-11(18)19-14-7-8-15-12(9-14)10-17(16-15)13-5-3-2-4-6-13/h3-5,7-10H,1H3. The maximum atomic E-state index is 10.9. The van der Waals surface area contributed by atoms with Gasteiger partial charge in [-0.2, -0.15) is 5.10 Å². The highest BCUT2D eigenvalue weighted by molar-refractivity contribution is 5.81. The summed E-state index contributed by atoms with van der Waals surface area (Å²) in [4.78, 5) is 10.9. The Bertz CT molecular complexity index is 732. The van der Waals surface area contributed by atoms with Crippen molar-refractivity contribution in [3.63, 3.8) is 0 Å². The second-order valence-corrected chi connectivity index (χ2v) is 4.06. The van der Waals surface area contributed by atoms with Crippen LogP contribution in [0.2, 0.25) is 0 Å². The number of carbonyl (C=O) groups excluding carboxylic acids is 1. The second kappa shape index (κ2) is 4.57. The van der Waals surface area contributed by atoms with Crippen molar-refractivity contribution in [1.82, 2.24) is 9.78 Å². The summed E-state index contributed by atoms with van der Waals surface area (Å²) < 4.78 is 6.78. The molecule has 0 unspecified atom stereocenters. The van der Waals surface area contributed by atoms with Crippen LogP contribution < -0.4 is 4.74 Å². The molecule has 0 aliphatic rings. The van der Waals surface area contributed by atoms with E-state index in [2.05, 4.69) is 17.2 Å². The van der Waals surface area contributed by atoms with Crippen molar-refractivity contribution >= 4 is 16.9 Å². The van der Waals surface area contributed by atoms with Gasteiger partial charge in [0.1, 0.15) is 5.75 Å². The molecule has 19 heavy (non-hydrogen) atoms. The van der Waals surface area contributed by atoms with Crippen LogP contribution in [-0.2, 0) is 4.79 Å². The lowest BCUT2D eigenvalue weighted by atomic mass is 10.2. The van der Waals surface area contributed by atoms with E-state index in [1.807, 2.05) is 24.4 Å². The van der Waals surface area contributed by atoms with Crippen molar-refractivity contribution in [3.05, 3.63) is 54.7 Å². The molecule has 4 nitrogen and oxygen atoms in total. The Morgan fingerprint density at radius 1 is 1.37 bits per heavy atom. The van der Waals surface area contributed by atoms with Crippen LogP contribution in [0.3, 0.4) is 0 Å². The smallest absolute Gasteiger partial charge is 0.308 e. The van der Waals surface area contributed by atoms with Gasteiger partial charge in [0.25, 0.3) is 0 Å². The molecule has 0 fully saturated rings. The summed E-state index contributed by atoms with van der Waals surface area (Å²) >= 11 is 0. The Morgan fingerprint density at radius 3 is 3.00 bits per heavy atom. The zero-order chi connectivity index (χ0) is 13.2. The van der Waals surface area contributed by atoms with Crippen molar-refractivity contribution < 1.29 is 9.53 Å². The van der Waals surface area contributed by atoms with Gasteiger partial charge in [-0.25, -0.2) is 4.68 Å². The zero-order valence-electron chi connectivity index (χ0n) is 10.3. The fourth-order valence-electron chi connectivity index (χ4n) is 1.84. The molecular weight excluding hydrogens is 240 g/mol. The third-order valence-corrected chi connectivity index (χ3v) is 2.63. The Kier molecular flexibility index (Phi) is 2.76. The number of hydrogen-bond donors (Lipinski definition) is 0. The van der Waals surface area contributed by atoms with Gasteiger partial charge < -0.3 is 4.74 Å². The van der Waals surface area contributed by atoms with Crippen LogP contribution in [0.15, 0.2) is 42.6 Å². The third kappa shape index (κ3) is 2.33. The van der Waals surface area contributed by atoms with Gasteiger partial charge in [-0.1, -0.05) is 6.07 Å². The monoisotopic (exact) mass is 250 g/mol. The maximum absolute atomic E-state index is 10.9. The Balaban J connectivity index is 2.04. The molecule has 3 aromatic rings. The fourth-order valence-corrected chi connectivity index (χ4v) is 1.84. The number of hydrogen-bond acceptors (Lipinski definition) is 3. The predicted octanol–water partition coefficient (Wildman–Crippen LogP) is 2.55. The van der Waals surface area contributed by atoms with E-state index in [0.29, 0.717) is 5.75 Å². The van der Waals surface area contributed by atoms with Crippen LogP contribution in [-0.4, -0.2) is 15.7 Å². The predicted molar refractivity (Wildman–Crippen MR) is 70.1 cm³/mol. The van der Waals surface area contributed by atoms with E-state index in [4.69, 9.17) is 4.74 Å². The molecule has 0 saturated heterocycles. The minimum absolute atomic E-state index is 0.335. The minimum atomic E-state index is -0.335. The summed E-state index contributed by atoms with van der Waals surface area (Å²) in [5.41, 5.74) is 1.67. The molecule has 1 aromatic heterocycles. The Hall–Kier alpha value is -2.62. The molecule has 0 aliphatic carbocycles. The van der Waals surface area contributed by atoms with Crippen molar-refractivity contribution in [2.24, 2.45) is 0 Å². The first-order valence-corrected chi connectivity index (χ1v) is 5.78. The third-order valence-electron chi connectivity index (χ3n) is 2.63. The van der Waals surface area contributed by atoms with Gasteiger partial charge in [-0.3, -0.25) is 4.79 Å². The summed E-state index contributed by atoms with van der Waals surface area (Å²) in [5, 5.41) is 5.34. The molecule has 0 atom stereocenters. The lowest BCUT2D eigenvalue weighted by molar-refractivity contribution is -0.131. The molecule has 3 rings (SSSR count). The first kappa shape index (κ1) is 11.5. The summed E-state index contributed by atoms with van der Waals surface area (Å²) in [6.45, 7) is 1.38. The second-order valence-electron chi connectivity index (χ2n) is 4.06. The van der Waals surface area contributed by atoms with Gasteiger partial charge in [0, 0.05) is 24.6 Å². The van der Waals surface area contributed by atoms with Crippen LogP contribution in [0.25, 0.3) is 16.6 Å². The van der Waals surface area contributed by atoms with Gasteiger partial charge in [0.2, 0.25) is 0 Å². The molecule has 0 aliphatic heterocycles. The highest BCUT2D eigenvalue weighted by atomic mass is 16.5. The summed E-state index contributed by atoms with van der Waals surface area (Å²) in [6, 6.07) is 16.7. The van der Waals surface area contributed by atoms with Gasteiger partial charge in [0.05, 0.1) is 11.2 Å². The SMILES string of the molecule is CC(=O)Oc1ccc2nn(-c3[c]c[c]cc3)cc2c1. The van der Waals surface area contributed by atoms with Crippen LogP contribution in [0.4, 0.5) is 0 Å². The number of benzene rings is 2. The molecule has 1 heterocycles. The van der Waals surface area contributed by atoms with E-state index in [9.17, 15) is 4.79 Å². The van der Waals surface area contributed by atoms with Gasteiger partial charge in [0.15, 0.2) is 0 Å². The van der Waals surface area contributed by atoms with Gasteiger partial charge in [-0.05, 0) is 36.4 Å². The number of nitrogens with zero attached hydrogens (tertiary/aromatic N) is 2. The number of fused-ring (bicyclic) bond motifs is 1. The van der Waals surface area contributed by atoms with E-state index >= 15 is 0 Å². The number of aromatic nitrogens is 2. The first-order chi connectivity index (χ1) is 9.22. The number of ether oxygens (including phenoxy) is 1. The van der Waals surface area contributed by atoms with E-state index in [-0.39, 0.29) is 5.97 Å². The van der Waals surface area contributed by atoms with E-state index in [1.54, 1.807) is 22.9 Å². The lowest BCUT2D eigenvalue weighted by Gasteiger charge is -1.99. The summed E-state index contributed by atoms with van der Waals surface area (Å²) in [5.74, 6) is 0.184. The van der Waals surface area contributed by atoms with Crippen LogP contribution >= 0.6 is 0 Å². The van der Waals surface area contributed by atoms with Crippen molar-refractivity contribution in [2.75, 3.05) is 0 Å². The zero-order valence-corrected chi connectivity index (χ0v) is 10.3. The van der Waals surface area contributed by atoms with Crippen LogP contribution in [0.1, 0.15) is 6.92 Å². The molecule has 0 N–H and O–H groups in total. The minimum Gasteiger partial charge on any atom is -0.427 e. The topological polar surface area (TPSA) is 44.1 Å². The Morgan fingerprint density at radius 2 is 2.26 bits per heavy atom. The average Bonchev–Trinajstić information content (AvgIpc) is 2.82. The quantitative estimate of drug-likeness (QED) is 0.518. The normalized spacial score (nSPS) is 10.6. The molecule has 2 radical (unpaired) electrons. The molecule has 0 spiro atoms. The highest BCUT2D eigenvalue weighted by Crippen LogP contribution is 2.21. The Labute approximate surface area is 110 Å². The van der Waals surface area contributed by atoms with Crippen molar-refractivity contribution in [2.45, 2.75) is 6.92 Å². The lowest BCUT2D eigenvalue weighted by Crippen LogP contribution is -2.00. The largest absolute Gasteiger partial charge is 0.427 e. The first-order valence-electron chi connectivity index (χ1n) is 5.78. The van der Waals surface area contributed by atoms with E-state index < -0.39 is 0 Å². The van der Waals surface area contributed by atoms with E-state index in [1.165, 1.54) is 6.92 Å². The molecule has 0 amide bonds. The molecular formula is C15H10N2O2. The molecule has 92 valence electrons. The number of rotatable bonds is 2. The molecule has 2 aromatic carbocycles. The van der Waals surface area contributed by atoms with Crippen LogP contribution in [0, 0.1) is 12.1 Å².